The summed E-state index contributed by atoms with van der Waals surface area (Å²) in [6, 6.07) is 7.17. The summed E-state index contributed by atoms with van der Waals surface area (Å²) >= 11 is 0. The standard InChI is InChI=1S/C11H13NO3/c1-12-9-4-2-8(3-5-9)11(13)15-10-6-14-7-10/h2-5,10,12H,6-7H2,1H3. The van der Waals surface area contributed by atoms with Gasteiger partial charge in [-0.15, -0.1) is 0 Å². The number of carbonyl (C=O) groups excluding carboxylic acids is 1. The fraction of sp³-hybridized carbons (Fsp3) is 0.364. The molecule has 0 aliphatic carbocycles. The van der Waals surface area contributed by atoms with E-state index in [2.05, 4.69) is 5.32 Å². The lowest BCUT2D eigenvalue weighted by molar-refractivity contribution is -0.103. The second-order valence-electron chi connectivity index (χ2n) is 3.39. The van der Waals surface area contributed by atoms with E-state index in [1.165, 1.54) is 0 Å². The molecule has 80 valence electrons. The molecule has 1 aromatic carbocycles. The van der Waals surface area contributed by atoms with Crippen molar-refractivity contribution in [1.29, 1.82) is 0 Å². The molecule has 4 heteroatoms. The monoisotopic (exact) mass is 207 g/mol. The normalized spacial score (nSPS) is 15.5. The molecule has 1 aromatic rings. The fourth-order valence-electron chi connectivity index (χ4n) is 1.27. The largest absolute Gasteiger partial charge is 0.454 e. The molecule has 1 heterocycles. The number of anilines is 1. The molecule has 4 nitrogen and oxygen atoms in total. The highest BCUT2D eigenvalue weighted by molar-refractivity contribution is 5.89. The van der Waals surface area contributed by atoms with Gasteiger partial charge in [0.2, 0.25) is 0 Å². The number of ether oxygens (including phenoxy) is 2. The smallest absolute Gasteiger partial charge is 0.338 e. The third-order valence-corrected chi connectivity index (χ3v) is 2.29. The Morgan fingerprint density at radius 2 is 2.07 bits per heavy atom. The van der Waals surface area contributed by atoms with E-state index in [4.69, 9.17) is 9.47 Å². The van der Waals surface area contributed by atoms with Crippen LogP contribution in [-0.2, 0) is 9.47 Å². The van der Waals surface area contributed by atoms with Crippen molar-refractivity contribution in [3.63, 3.8) is 0 Å². The Kier molecular flexibility index (Phi) is 2.87. The van der Waals surface area contributed by atoms with Crippen molar-refractivity contribution in [3.8, 4) is 0 Å². The second kappa shape index (κ2) is 4.31. The van der Waals surface area contributed by atoms with Crippen molar-refractivity contribution < 1.29 is 14.3 Å². The van der Waals surface area contributed by atoms with Gasteiger partial charge in [-0.3, -0.25) is 0 Å². The van der Waals surface area contributed by atoms with Crippen molar-refractivity contribution in [2.24, 2.45) is 0 Å². The van der Waals surface area contributed by atoms with Crippen LogP contribution in [0.1, 0.15) is 10.4 Å². The summed E-state index contributed by atoms with van der Waals surface area (Å²) in [5.74, 6) is -0.286. The fourth-order valence-corrected chi connectivity index (χ4v) is 1.27. The van der Waals surface area contributed by atoms with Gasteiger partial charge in [0, 0.05) is 12.7 Å². The molecule has 0 atom stereocenters. The number of esters is 1. The number of nitrogens with one attached hydrogen (secondary N) is 1. The highest BCUT2D eigenvalue weighted by Gasteiger charge is 2.23. The minimum Gasteiger partial charge on any atom is -0.454 e. The second-order valence-corrected chi connectivity index (χ2v) is 3.39. The Balaban J connectivity index is 1.98. The predicted molar refractivity (Wildman–Crippen MR) is 56.0 cm³/mol. The van der Waals surface area contributed by atoms with Crippen molar-refractivity contribution in [2.45, 2.75) is 6.10 Å². The van der Waals surface area contributed by atoms with E-state index in [1.54, 1.807) is 12.1 Å². The maximum absolute atomic E-state index is 11.5. The van der Waals surface area contributed by atoms with Gasteiger partial charge in [0.05, 0.1) is 18.8 Å². The Morgan fingerprint density at radius 1 is 1.40 bits per heavy atom. The van der Waals surface area contributed by atoms with E-state index >= 15 is 0 Å². The molecule has 2 rings (SSSR count). The average molecular weight is 207 g/mol. The summed E-state index contributed by atoms with van der Waals surface area (Å²) in [7, 11) is 1.83. The number of rotatable bonds is 3. The maximum Gasteiger partial charge on any atom is 0.338 e. The molecule has 0 saturated carbocycles. The van der Waals surface area contributed by atoms with E-state index in [0.29, 0.717) is 18.8 Å². The van der Waals surface area contributed by atoms with Crippen LogP contribution in [0.4, 0.5) is 5.69 Å². The van der Waals surface area contributed by atoms with Crippen LogP contribution in [0, 0.1) is 0 Å². The van der Waals surface area contributed by atoms with Gasteiger partial charge in [0.25, 0.3) is 0 Å². The minimum absolute atomic E-state index is 0.0681. The molecule has 0 spiro atoms. The van der Waals surface area contributed by atoms with Crippen molar-refractivity contribution in [1.82, 2.24) is 0 Å². The van der Waals surface area contributed by atoms with E-state index in [9.17, 15) is 4.79 Å². The van der Waals surface area contributed by atoms with Crippen molar-refractivity contribution >= 4 is 11.7 Å². The van der Waals surface area contributed by atoms with Gasteiger partial charge in [-0.2, -0.15) is 0 Å². The van der Waals surface area contributed by atoms with Gasteiger partial charge in [-0.05, 0) is 24.3 Å². The van der Waals surface area contributed by atoms with E-state index in [-0.39, 0.29) is 12.1 Å². The number of benzene rings is 1. The molecule has 1 N–H and O–H groups in total. The van der Waals surface area contributed by atoms with Crippen molar-refractivity contribution in [3.05, 3.63) is 29.8 Å². The van der Waals surface area contributed by atoms with E-state index < -0.39 is 0 Å². The minimum atomic E-state index is -0.286. The summed E-state index contributed by atoms with van der Waals surface area (Å²) in [4.78, 5) is 11.5. The Hall–Kier alpha value is -1.55. The van der Waals surface area contributed by atoms with Crippen LogP contribution < -0.4 is 5.32 Å². The third-order valence-electron chi connectivity index (χ3n) is 2.29. The van der Waals surface area contributed by atoms with E-state index in [1.807, 2.05) is 19.2 Å². The summed E-state index contributed by atoms with van der Waals surface area (Å²) in [6.07, 6.45) is -0.0681. The van der Waals surface area contributed by atoms with Gasteiger partial charge in [0.1, 0.15) is 6.10 Å². The lowest BCUT2D eigenvalue weighted by atomic mass is 10.2. The molecule has 0 aromatic heterocycles. The maximum atomic E-state index is 11.5. The zero-order valence-electron chi connectivity index (χ0n) is 8.53. The number of hydrogen-bond acceptors (Lipinski definition) is 4. The zero-order chi connectivity index (χ0) is 10.7. The molecule has 0 unspecified atom stereocenters. The molecule has 15 heavy (non-hydrogen) atoms. The first-order valence-corrected chi connectivity index (χ1v) is 4.86. The van der Waals surface area contributed by atoms with Gasteiger partial charge in [0.15, 0.2) is 0 Å². The molecule has 1 fully saturated rings. The molecule has 0 radical (unpaired) electrons. The summed E-state index contributed by atoms with van der Waals surface area (Å²) in [6.45, 7) is 1.03. The lowest BCUT2D eigenvalue weighted by Gasteiger charge is -2.25. The first-order chi connectivity index (χ1) is 7.29. The van der Waals surface area contributed by atoms with Gasteiger partial charge >= 0.3 is 5.97 Å². The Bertz CT molecular complexity index is 343. The van der Waals surface area contributed by atoms with Crippen molar-refractivity contribution in [2.75, 3.05) is 25.6 Å². The summed E-state index contributed by atoms with van der Waals surface area (Å²) in [5.41, 5.74) is 1.54. The SMILES string of the molecule is CNc1ccc(C(=O)OC2COC2)cc1. The molecule has 0 bridgehead atoms. The van der Waals surface area contributed by atoms with E-state index in [0.717, 1.165) is 5.69 Å². The number of carbonyl (C=O) groups is 1. The van der Waals surface area contributed by atoms with Crippen LogP contribution >= 0.6 is 0 Å². The summed E-state index contributed by atoms with van der Waals surface area (Å²) in [5, 5.41) is 2.98. The molecule has 1 aliphatic heterocycles. The molecular weight excluding hydrogens is 194 g/mol. The highest BCUT2D eigenvalue weighted by atomic mass is 16.6. The first kappa shape index (κ1) is 9.98. The molecule has 1 saturated heterocycles. The first-order valence-electron chi connectivity index (χ1n) is 4.86. The number of hydrogen-bond donors (Lipinski definition) is 1. The van der Waals surface area contributed by atoms with Gasteiger partial charge in [-0.1, -0.05) is 0 Å². The van der Waals surface area contributed by atoms with Crippen LogP contribution in [0.15, 0.2) is 24.3 Å². The van der Waals surface area contributed by atoms with Crippen LogP contribution in [0.2, 0.25) is 0 Å². The zero-order valence-corrected chi connectivity index (χ0v) is 8.53. The van der Waals surface area contributed by atoms with Crippen LogP contribution in [0.25, 0.3) is 0 Å². The Morgan fingerprint density at radius 3 is 2.53 bits per heavy atom. The quantitative estimate of drug-likeness (QED) is 0.758. The topological polar surface area (TPSA) is 47.6 Å². The molecule has 0 amide bonds. The van der Waals surface area contributed by atoms with Crippen LogP contribution in [-0.4, -0.2) is 32.3 Å². The Labute approximate surface area is 88.2 Å². The summed E-state index contributed by atoms with van der Waals surface area (Å²) < 4.78 is 10.1. The van der Waals surface area contributed by atoms with Gasteiger partial charge < -0.3 is 14.8 Å². The molecular formula is C11H13NO3. The van der Waals surface area contributed by atoms with Gasteiger partial charge in [-0.25, -0.2) is 4.79 Å². The third kappa shape index (κ3) is 2.27. The predicted octanol–water partition coefficient (Wildman–Crippen LogP) is 1.28. The molecule has 1 aliphatic rings. The van der Waals surface area contributed by atoms with Crippen LogP contribution in [0.5, 0.6) is 0 Å². The van der Waals surface area contributed by atoms with Crippen LogP contribution in [0.3, 0.4) is 0 Å². The highest BCUT2D eigenvalue weighted by Crippen LogP contribution is 2.12. The lowest BCUT2D eigenvalue weighted by Crippen LogP contribution is -2.37. The average Bonchev–Trinajstić information content (AvgIpc) is 2.23.